The lowest BCUT2D eigenvalue weighted by molar-refractivity contribution is -0.483. The molecule has 0 amide bonds. The van der Waals surface area contributed by atoms with E-state index in [1.165, 1.54) is 18.5 Å². The number of hydrogen-bond acceptors (Lipinski definition) is 7. The fraction of sp³-hybridized carbons (Fsp3) is 0.519. The molecular formula is C27H34N2O6+2. The predicted octanol–water partition coefficient (Wildman–Crippen LogP) is 4.56. The van der Waals surface area contributed by atoms with E-state index in [1.54, 1.807) is 6.54 Å². The molecule has 0 unspecified atom stereocenters. The highest BCUT2D eigenvalue weighted by atomic mass is 16.6. The molecule has 0 radical (unpaired) electrons. The van der Waals surface area contributed by atoms with Crippen LogP contribution in [0.5, 0.6) is 0 Å². The molecule has 0 aliphatic carbocycles. The van der Waals surface area contributed by atoms with Gasteiger partial charge in [0.25, 0.3) is 0 Å². The zero-order valence-corrected chi connectivity index (χ0v) is 21.0. The molecule has 1 aromatic rings. The van der Waals surface area contributed by atoms with Gasteiger partial charge in [-0.05, 0) is 30.7 Å². The molecule has 2 heterocycles. The van der Waals surface area contributed by atoms with Crippen molar-refractivity contribution in [3.8, 4) is 11.8 Å². The molecule has 0 spiro atoms. The zero-order chi connectivity index (χ0) is 25.7. The normalized spacial score (nSPS) is 24.8. The maximum atomic E-state index is 11.8. The van der Waals surface area contributed by atoms with E-state index in [2.05, 4.69) is 30.5 Å². The van der Waals surface area contributed by atoms with Crippen LogP contribution in [0.25, 0.3) is 0 Å². The summed E-state index contributed by atoms with van der Waals surface area (Å²) in [4.78, 5) is 23.2. The highest BCUT2D eigenvalue weighted by Gasteiger charge is 2.44. The first kappa shape index (κ1) is 26.3. The van der Waals surface area contributed by atoms with E-state index in [0.717, 1.165) is 30.4 Å². The van der Waals surface area contributed by atoms with Crippen LogP contribution in [-0.4, -0.2) is 46.7 Å². The summed E-state index contributed by atoms with van der Waals surface area (Å²) >= 11 is 0. The summed E-state index contributed by atoms with van der Waals surface area (Å²) in [5.74, 6) is 5.23. The Morgan fingerprint density at radius 1 is 1.26 bits per heavy atom. The number of hydrogen-bond donors (Lipinski definition) is 1. The second-order valence-electron chi connectivity index (χ2n) is 9.12. The fourth-order valence-electron chi connectivity index (χ4n) is 4.37. The van der Waals surface area contributed by atoms with Gasteiger partial charge in [0, 0.05) is 31.9 Å². The third-order valence-corrected chi connectivity index (χ3v) is 6.44. The number of rotatable bonds is 7. The van der Waals surface area contributed by atoms with Gasteiger partial charge in [-0.3, -0.25) is 9.59 Å². The van der Waals surface area contributed by atoms with Crippen LogP contribution in [0.1, 0.15) is 64.2 Å². The minimum Gasteiger partial charge on any atom is -0.463 e. The van der Waals surface area contributed by atoms with Crippen LogP contribution in [0, 0.1) is 30.2 Å². The number of fused-ring (bicyclic) bond motifs is 1. The van der Waals surface area contributed by atoms with E-state index in [0.29, 0.717) is 11.3 Å². The molecule has 1 N–H and O–H groups in total. The molecule has 2 aliphatic rings. The summed E-state index contributed by atoms with van der Waals surface area (Å²) in [6.07, 6.45) is 1.28. The molecule has 8 heteroatoms. The van der Waals surface area contributed by atoms with Crippen molar-refractivity contribution in [3.05, 3.63) is 47.8 Å². The molecule has 35 heavy (non-hydrogen) atoms. The molecule has 5 atom stereocenters. The van der Waals surface area contributed by atoms with Crippen LogP contribution < -0.4 is 0 Å². The lowest BCUT2D eigenvalue weighted by Gasteiger charge is -2.42. The van der Waals surface area contributed by atoms with Crippen LogP contribution in [-0.2, 0) is 30.2 Å². The number of aliphatic hydroxyl groups is 1. The number of azo groups is 2. The van der Waals surface area contributed by atoms with E-state index in [4.69, 9.17) is 14.2 Å². The van der Waals surface area contributed by atoms with Gasteiger partial charge >= 0.3 is 23.5 Å². The summed E-state index contributed by atoms with van der Waals surface area (Å²) in [5.41, 5.74) is 3.26. The summed E-state index contributed by atoms with van der Waals surface area (Å²) < 4.78 is 18.4. The molecule has 8 nitrogen and oxygen atoms in total. The topological polar surface area (TPSA) is 97.4 Å². The van der Waals surface area contributed by atoms with Gasteiger partial charge in [-0.15, -0.1) is 0 Å². The second-order valence-corrected chi connectivity index (χ2v) is 9.12. The van der Waals surface area contributed by atoms with Crippen molar-refractivity contribution in [3.63, 3.8) is 0 Å². The van der Waals surface area contributed by atoms with Crippen LogP contribution in [0.15, 0.2) is 29.7 Å². The molecule has 0 saturated carbocycles. The first-order valence-corrected chi connectivity index (χ1v) is 12.0. The molecule has 0 bridgehead atoms. The summed E-state index contributed by atoms with van der Waals surface area (Å²) in [6, 6.07) is 4.03. The Morgan fingerprint density at radius 2 is 2.00 bits per heavy atom. The Labute approximate surface area is 207 Å². The van der Waals surface area contributed by atoms with Gasteiger partial charge in [-0.1, -0.05) is 33.1 Å². The summed E-state index contributed by atoms with van der Waals surface area (Å²) in [6.45, 7) is 14.2. The third-order valence-electron chi connectivity index (χ3n) is 6.44. The lowest BCUT2D eigenvalue weighted by Crippen LogP contribution is -2.51. The lowest BCUT2D eigenvalue weighted by atomic mass is 9.81. The Morgan fingerprint density at radius 3 is 2.63 bits per heavy atom. The summed E-state index contributed by atoms with van der Waals surface area (Å²) in [7, 11) is 0. The molecule has 186 valence electrons. The van der Waals surface area contributed by atoms with Gasteiger partial charge in [0.05, 0.1) is 22.0 Å². The number of esters is 2. The third kappa shape index (κ3) is 6.23. The second kappa shape index (κ2) is 11.4. The molecular weight excluding hydrogens is 448 g/mol. The number of carbonyl (C=O) groups excluding carboxylic acids is 2. The Hall–Kier alpha value is -3.31. The number of aryl methyl sites for hydroxylation is 1. The minimum absolute atomic E-state index is 0.0278. The molecule has 2 aliphatic heterocycles. The van der Waals surface area contributed by atoms with Gasteiger partial charge in [-0.25, -0.2) is 0 Å². The first-order chi connectivity index (χ1) is 16.6. The highest BCUT2D eigenvalue weighted by Crippen LogP contribution is 2.36. The smallest absolute Gasteiger partial charge is 0.404 e. The average molecular weight is 483 g/mol. The van der Waals surface area contributed by atoms with Crippen molar-refractivity contribution in [1.29, 1.82) is 0 Å². The molecule has 3 rings (SSSR count). The SMILES string of the molecule is C=C(O)[N+]1=N[CH+]c2cc(CCCC)cc(C#C[C@H]3O[C@H](COC(C)=O)[C@@H](C)[C@H](C)[C@@H]3OC(C)=O)c21. The van der Waals surface area contributed by atoms with Gasteiger partial charge in [0.15, 0.2) is 11.7 Å². The standard InChI is InChI=1S/C27H33N2O6/c1-7-8-9-21-12-22(26-23(13-21)14-28-29(26)18(4)30)10-11-24-27(34-20(6)32)17(3)16(2)25(35-24)15-33-19(5)31/h12-14,16-17,24-25,27H,4,7-9,15H2,1-3,5-6H3/q+1/p+1/t16-,17-,24+,25+,27-/m0/s1. The van der Waals surface area contributed by atoms with Crippen molar-refractivity contribution in [1.82, 2.24) is 0 Å². The van der Waals surface area contributed by atoms with E-state index in [-0.39, 0.29) is 30.3 Å². The van der Waals surface area contributed by atoms with Crippen LogP contribution in [0.2, 0.25) is 0 Å². The fourth-order valence-corrected chi connectivity index (χ4v) is 4.37. The number of nitrogens with zero attached hydrogens (tertiary/aromatic N) is 2. The Balaban J connectivity index is 2.00. The number of unbranched alkanes of at least 4 members (excludes halogenated alkanes) is 1. The number of ether oxygens (including phenoxy) is 3. The van der Waals surface area contributed by atoms with Crippen molar-refractivity contribution in [2.75, 3.05) is 6.61 Å². The molecule has 0 aromatic heterocycles. The van der Waals surface area contributed by atoms with Crippen molar-refractivity contribution < 1.29 is 33.6 Å². The van der Waals surface area contributed by atoms with Crippen LogP contribution in [0.4, 0.5) is 5.69 Å². The quantitative estimate of drug-likeness (QED) is 0.201. The molecule has 1 aromatic carbocycles. The largest absolute Gasteiger partial charge is 0.463 e. The maximum Gasteiger partial charge on any atom is 0.404 e. The number of carbonyl (C=O) groups is 2. The van der Waals surface area contributed by atoms with Gasteiger partial charge in [-0.2, -0.15) is 0 Å². The van der Waals surface area contributed by atoms with Gasteiger partial charge in [0.2, 0.25) is 12.1 Å². The zero-order valence-electron chi connectivity index (χ0n) is 21.0. The van der Waals surface area contributed by atoms with Gasteiger partial charge in [0.1, 0.15) is 12.7 Å². The monoisotopic (exact) mass is 482 g/mol. The van der Waals surface area contributed by atoms with Crippen molar-refractivity contribution in [2.45, 2.75) is 72.2 Å². The van der Waals surface area contributed by atoms with Crippen LogP contribution >= 0.6 is 0 Å². The van der Waals surface area contributed by atoms with E-state index < -0.39 is 24.3 Å². The summed E-state index contributed by atoms with van der Waals surface area (Å²) in [5, 5.41) is 14.3. The van der Waals surface area contributed by atoms with Crippen molar-refractivity contribution in [2.24, 2.45) is 17.0 Å². The molecule has 1 saturated heterocycles. The Bertz CT molecular complexity index is 1080. The maximum absolute atomic E-state index is 11.8. The van der Waals surface area contributed by atoms with E-state index >= 15 is 0 Å². The average Bonchev–Trinajstić information content (AvgIpc) is 3.23. The van der Waals surface area contributed by atoms with E-state index in [9.17, 15) is 14.7 Å². The number of aliphatic hydroxyl groups excluding tert-OH is 1. The molecule has 1 fully saturated rings. The highest BCUT2D eigenvalue weighted by molar-refractivity contribution is 5.66. The van der Waals surface area contributed by atoms with Crippen LogP contribution in [0.3, 0.4) is 0 Å². The Kier molecular flexibility index (Phi) is 8.57. The number of benzene rings is 1. The van der Waals surface area contributed by atoms with E-state index in [1.807, 2.05) is 26.0 Å². The predicted molar refractivity (Wildman–Crippen MR) is 129 cm³/mol. The minimum atomic E-state index is -0.728. The van der Waals surface area contributed by atoms with Crippen molar-refractivity contribution >= 4 is 17.6 Å². The van der Waals surface area contributed by atoms with Gasteiger partial charge < -0.3 is 19.3 Å². The first-order valence-electron chi connectivity index (χ1n) is 12.0.